The van der Waals surface area contributed by atoms with Gasteiger partial charge >= 0.3 is 0 Å². The Morgan fingerprint density at radius 2 is 2.14 bits per heavy atom. The second-order valence-corrected chi connectivity index (χ2v) is 6.69. The molecule has 0 aromatic rings. The number of hydrogen-bond acceptors (Lipinski definition) is 4. The van der Waals surface area contributed by atoms with Gasteiger partial charge in [-0.1, -0.05) is 12.8 Å². The normalized spacial score (nSPS) is 36.5. The maximum absolute atomic E-state index is 12.5. The van der Waals surface area contributed by atoms with Crippen molar-refractivity contribution in [2.24, 2.45) is 5.41 Å². The van der Waals surface area contributed by atoms with E-state index in [0.29, 0.717) is 12.7 Å². The van der Waals surface area contributed by atoms with Crippen LogP contribution < -0.4 is 10.6 Å². The van der Waals surface area contributed by atoms with Gasteiger partial charge in [0, 0.05) is 24.6 Å². The molecule has 1 saturated heterocycles. The molecule has 1 amide bonds. The molecule has 0 bridgehead atoms. The zero-order valence-electron chi connectivity index (χ0n) is 13.6. The van der Waals surface area contributed by atoms with Gasteiger partial charge in [0.25, 0.3) is 0 Å². The first kappa shape index (κ1) is 18.0. The maximum atomic E-state index is 12.5. The first-order valence-electron chi connectivity index (χ1n) is 8.44. The van der Waals surface area contributed by atoms with Crippen molar-refractivity contribution in [3.05, 3.63) is 0 Å². The summed E-state index contributed by atoms with van der Waals surface area (Å²) in [5.41, 5.74) is 0.199. The van der Waals surface area contributed by atoms with E-state index >= 15 is 0 Å². The summed E-state index contributed by atoms with van der Waals surface area (Å²) in [5.74, 6) is 0.0911. The lowest BCUT2D eigenvalue weighted by molar-refractivity contribution is -0.148. The number of carbonyl (C=O) groups excluding carboxylic acids is 1. The molecule has 0 radical (unpaired) electrons. The van der Waals surface area contributed by atoms with E-state index in [4.69, 9.17) is 9.47 Å². The number of halogens is 1. The predicted octanol–water partition coefficient (Wildman–Crippen LogP) is 1.64. The lowest BCUT2D eigenvalue weighted by atomic mass is 9.60. The lowest BCUT2D eigenvalue weighted by Gasteiger charge is -2.54. The van der Waals surface area contributed by atoms with E-state index in [2.05, 4.69) is 17.6 Å². The van der Waals surface area contributed by atoms with Crippen LogP contribution >= 0.6 is 12.4 Å². The molecule has 1 spiro atoms. The summed E-state index contributed by atoms with van der Waals surface area (Å²) in [6, 6.07) is 0.0586. The van der Waals surface area contributed by atoms with E-state index in [1.807, 2.05) is 6.92 Å². The molecule has 2 N–H and O–H groups in total. The van der Waals surface area contributed by atoms with Crippen LogP contribution in [0, 0.1) is 5.41 Å². The molecule has 2 unspecified atom stereocenters. The van der Waals surface area contributed by atoms with Crippen LogP contribution in [0.4, 0.5) is 0 Å². The lowest BCUT2D eigenvalue weighted by Crippen LogP contribution is -2.66. The molecule has 4 atom stereocenters. The smallest absolute Gasteiger partial charge is 0.240 e. The van der Waals surface area contributed by atoms with Crippen molar-refractivity contribution in [3.8, 4) is 0 Å². The predicted molar refractivity (Wildman–Crippen MR) is 87.3 cm³/mol. The minimum Gasteiger partial charge on any atom is -0.378 e. The Hall–Kier alpha value is -0.360. The maximum Gasteiger partial charge on any atom is 0.240 e. The molecule has 6 heteroatoms. The van der Waals surface area contributed by atoms with Crippen LogP contribution in [0.3, 0.4) is 0 Å². The topological polar surface area (TPSA) is 59.6 Å². The van der Waals surface area contributed by atoms with Crippen LogP contribution in [0.1, 0.15) is 46.0 Å². The Bertz CT molecular complexity index is 388. The molecular weight excluding hydrogens is 304 g/mol. The fourth-order valence-electron chi connectivity index (χ4n) is 4.38. The Labute approximate surface area is 139 Å². The van der Waals surface area contributed by atoms with E-state index in [1.165, 1.54) is 25.7 Å². The third kappa shape index (κ3) is 3.14. The van der Waals surface area contributed by atoms with Crippen LogP contribution in [0.15, 0.2) is 0 Å². The van der Waals surface area contributed by atoms with E-state index in [-0.39, 0.29) is 41.9 Å². The van der Waals surface area contributed by atoms with Gasteiger partial charge in [-0.2, -0.15) is 0 Å². The van der Waals surface area contributed by atoms with E-state index in [1.54, 1.807) is 0 Å². The van der Waals surface area contributed by atoms with Crippen molar-refractivity contribution in [1.29, 1.82) is 0 Å². The summed E-state index contributed by atoms with van der Waals surface area (Å²) in [5, 5.41) is 6.55. The largest absolute Gasteiger partial charge is 0.378 e. The highest BCUT2D eigenvalue weighted by Crippen LogP contribution is 2.54. The minimum atomic E-state index is -0.219. The van der Waals surface area contributed by atoms with Gasteiger partial charge in [-0.25, -0.2) is 0 Å². The number of nitrogens with one attached hydrogen (secondary N) is 2. The highest BCUT2D eigenvalue weighted by atomic mass is 35.5. The summed E-state index contributed by atoms with van der Waals surface area (Å²) >= 11 is 0. The van der Waals surface area contributed by atoms with Crippen molar-refractivity contribution in [3.63, 3.8) is 0 Å². The summed E-state index contributed by atoms with van der Waals surface area (Å²) in [6.45, 7) is 6.22. The fraction of sp³-hybridized carbons (Fsp3) is 0.938. The summed E-state index contributed by atoms with van der Waals surface area (Å²) in [6.07, 6.45) is 6.14. The van der Waals surface area contributed by atoms with Crippen LogP contribution in [0.5, 0.6) is 0 Å². The first-order chi connectivity index (χ1) is 10.2. The van der Waals surface area contributed by atoms with Crippen LogP contribution in [-0.2, 0) is 14.3 Å². The SMILES string of the molecule is CCOC1CC(NC(=O)[C@H]2NCCO[C@@H]2C)C12CCCC2.Cl. The summed E-state index contributed by atoms with van der Waals surface area (Å²) in [7, 11) is 0. The molecule has 128 valence electrons. The molecule has 2 saturated carbocycles. The van der Waals surface area contributed by atoms with Crippen molar-refractivity contribution in [2.45, 2.75) is 70.2 Å². The second kappa shape index (κ2) is 7.47. The molecule has 5 nitrogen and oxygen atoms in total. The van der Waals surface area contributed by atoms with Gasteiger partial charge in [-0.3, -0.25) is 4.79 Å². The third-order valence-electron chi connectivity index (χ3n) is 5.60. The highest BCUT2D eigenvalue weighted by Gasteiger charge is 2.57. The molecule has 0 aromatic heterocycles. The first-order valence-corrected chi connectivity index (χ1v) is 8.44. The van der Waals surface area contributed by atoms with Gasteiger partial charge in [-0.05, 0) is 33.1 Å². The van der Waals surface area contributed by atoms with Gasteiger partial charge in [0.15, 0.2) is 0 Å². The zero-order valence-corrected chi connectivity index (χ0v) is 14.4. The molecule has 3 aliphatic rings. The number of amides is 1. The Kier molecular flexibility index (Phi) is 6.11. The van der Waals surface area contributed by atoms with E-state index in [9.17, 15) is 4.79 Å². The number of carbonyl (C=O) groups is 1. The zero-order chi connectivity index (χ0) is 14.9. The quantitative estimate of drug-likeness (QED) is 0.821. The molecule has 22 heavy (non-hydrogen) atoms. The summed E-state index contributed by atoms with van der Waals surface area (Å²) < 4.78 is 11.5. The van der Waals surface area contributed by atoms with E-state index in [0.717, 1.165) is 19.6 Å². The molecule has 2 aliphatic carbocycles. The second-order valence-electron chi connectivity index (χ2n) is 6.69. The number of rotatable bonds is 4. The van der Waals surface area contributed by atoms with Gasteiger partial charge < -0.3 is 20.1 Å². The number of morpholine rings is 1. The van der Waals surface area contributed by atoms with Gasteiger partial charge in [0.2, 0.25) is 5.91 Å². The van der Waals surface area contributed by atoms with Crippen LogP contribution in [0.2, 0.25) is 0 Å². The Morgan fingerprint density at radius 3 is 2.77 bits per heavy atom. The van der Waals surface area contributed by atoms with Gasteiger partial charge in [0.1, 0.15) is 6.04 Å². The standard InChI is InChI=1S/C16H28N2O3.ClH/c1-3-20-13-10-12(16(13)6-4-5-7-16)18-15(19)14-11(2)21-9-8-17-14;/h11-14,17H,3-10H2,1-2H3,(H,18,19);1H/t11-,12?,13?,14+;/m1./s1. The van der Waals surface area contributed by atoms with Gasteiger partial charge in [-0.15, -0.1) is 12.4 Å². The Balaban J connectivity index is 0.00000176. The van der Waals surface area contributed by atoms with Crippen molar-refractivity contribution < 1.29 is 14.3 Å². The monoisotopic (exact) mass is 332 g/mol. The van der Waals surface area contributed by atoms with E-state index < -0.39 is 0 Å². The third-order valence-corrected chi connectivity index (χ3v) is 5.60. The highest BCUT2D eigenvalue weighted by molar-refractivity contribution is 5.85. The van der Waals surface area contributed by atoms with Crippen LogP contribution in [-0.4, -0.2) is 50.0 Å². The molecule has 0 aromatic carbocycles. The number of ether oxygens (including phenoxy) is 2. The molecule has 1 aliphatic heterocycles. The fourth-order valence-corrected chi connectivity index (χ4v) is 4.38. The van der Waals surface area contributed by atoms with Crippen molar-refractivity contribution >= 4 is 18.3 Å². The average molecular weight is 333 g/mol. The Morgan fingerprint density at radius 1 is 1.41 bits per heavy atom. The molecule has 3 rings (SSSR count). The van der Waals surface area contributed by atoms with Crippen LogP contribution in [0.25, 0.3) is 0 Å². The van der Waals surface area contributed by atoms with Crippen molar-refractivity contribution in [2.75, 3.05) is 19.8 Å². The average Bonchev–Trinajstić information content (AvgIpc) is 2.99. The molecule has 3 fully saturated rings. The molecular formula is C16H29ClN2O3. The molecule has 1 heterocycles. The van der Waals surface area contributed by atoms with Gasteiger partial charge in [0.05, 0.1) is 18.8 Å². The number of hydrogen-bond donors (Lipinski definition) is 2. The summed E-state index contributed by atoms with van der Waals surface area (Å²) in [4.78, 5) is 12.5. The minimum absolute atomic E-state index is 0. The van der Waals surface area contributed by atoms with Crippen molar-refractivity contribution in [1.82, 2.24) is 10.6 Å².